The van der Waals surface area contributed by atoms with E-state index in [4.69, 9.17) is 9.47 Å². The molecule has 1 unspecified atom stereocenters. The average molecular weight is 340 g/mol. The SMILES string of the molecule is COC(=O)C1CCCCN1CC1CCN(C(=O)OC(C)(C)C)CC1. The number of piperidine rings is 2. The molecule has 24 heavy (non-hydrogen) atoms. The quantitative estimate of drug-likeness (QED) is 0.739. The van der Waals surface area contributed by atoms with E-state index in [1.54, 1.807) is 4.90 Å². The molecule has 0 aromatic heterocycles. The average Bonchev–Trinajstić information content (AvgIpc) is 2.53. The number of likely N-dealkylation sites (tertiary alicyclic amines) is 2. The van der Waals surface area contributed by atoms with Crippen molar-refractivity contribution >= 4 is 12.1 Å². The second-order valence-electron chi connectivity index (χ2n) is 7.94. The summed E-state index contributed by atoms with van der Waals surface area (Å²) in [4.78, 5) is 28.2. The lowest BCUT2D eigenvalue weighted by atomic mass is 9.93. The maximum absolute atomic E-state index is 12.1. The highest BCUT2D eigenvalue weighted by atomic mass is 16.6. The van der Waals surface area contributed by atoms with Crippen LogP contribution in [0.2, 0.25) is 0 Å². The topological polar surface area (TPSA) is 59.1 Å². The molecule has 6 heteroatoms. The first-order valence-corrected chi connectivity index (χ1v) is 9.10. The molecule has 0 aromatic carbocycles. The highest BCUT2D eigenvalue weighted by Crippen LogP contribution is 2.25. The van der Waals surface area contributed by atoms with E-state index in [-0.39, 0.29) is 18.1 Å². The fourth-order valence-corrected chi connectivity index (χ4v) is 3.57. The second-order valence-corrected chi connectivity index (χ2v) is 7.94. The van der Waals surface area contributed by atoms with Gasteiger partial charge < -0.3 is 14.4 Å². The zero-order valence-electron chi connectivity index (χ0n) is 15.5. The molecule has 0 bridgehead atoms. The Morgan fingerprint density at radius 3 is 2.29 bits per heavy atom. The van der Waals surface area contributed by atoms with Crippen LogP contribution in [0.4, 0.5) is 4.79 Å². The molecule has 2 aliphatic heterocycles. The smallest absolute Gasteiger partial charge is 0.410 e. The predicted molar refractivity (Wildman–Crippen MR) is 91.8 cm³/mol. The van der Waals surface area contributed by atoms with Crippen molar-refractivity contribution in [3.05, 3.63) is 0 Å². The largest absolute Gasteiger partial charge is 0.468 e. The maximum Gasteiger partial charge on any atom is 0.410 e. The molecule has 2 saturated heterocycles. The van der Waals surface area contributed by atoms with E-state index in [0.29, 0.717) is 5.92 Å². The maximum atomic E-state index is 12.1. The molecule has 0 aliphatic carbocycles. The number of hydrogen-bond acceptors (Lipinski definition) is 5. The summed E-state index contributed by atoms with van der Waals surface area (Å²) < 4.78 is 10.4. The highest BCUT2D eigenvalue weighted by Gasteiger charge is 2.33. The van der Waals surface area contributed by atoms with Crippen LogP contribution in [0.15, 0.2) is 0 Å². The normalized spacial score (nSPS) is 23.8. The van der Waals surface area contributed by atoms with E-state index in [2.05, 4.69) is 4.90 Å². The van der Waals surface area contributed by atoms with Crippen LogP contribution in [0.1, 0.15) is 52.9 Å². The van der Waals surface area contributed by atoms with Crippen molar-refractivity contribution in [2.75, 3.05) is 33.3 Å². The van der Waals surface area contributed by atoms with E-state index in [1.165, 1.54) is 7.11 Å². The summed E-state index contributed by atoms with van der Waals surface area (Å²) in [6.07, 6.45) is 4.83. The van der Waals surface area contributed by atoms with Crippen LogP contribution in [-0.4, -0.2) is 66.8 Å². The third-order valence-electron chi connectivity index (χ3n) is 4.85. The molecule has 1 atom stereocenters. The Morgan fingerprint density at radius 1 is 1.04 bits per heavy atom. The van der Waals surface area contributed by atoms with Crippen molar-refractivity contribution in [3.8, 4) is 0 Å². The summed E-state index contributed by atoms with van der Waals surface area (Å²) in [5.41, 5.74) is -0.449. The molecule has 1 amide bonds. The Bertz CT molecular complexity index is 439. The van der Waals surface area contributed by atoms with Gasteiger partial charge in [-0.1, -0.05) is 6.42 Å². The van der Waals surface area contributed by atoms with Crippen molar-refractivity contribution in [3.63, 3.8) is 0 Å². The zero-order valence-corrected chi connectivity index (χ0v) is 15.5. The molecule has 2 aliphatic rings. The van der Waals surface area contributed by atoms with Gasteiger partial charge in [-0.2, -0.15) is 0 Å². The lowest BCUT2D eigenvalue weighted by Crippen LogP contribution is -2.49. The molecule has 2 fully saturated rings. The summed E-state index contributed by atoms with van der Waals surface area (Å²) in [5, 5.41) is 0. The first kappa shape index (κ1) is 19.0. The molecule has 0 saturated carbocycles. The van der Waals surface area contributed by atoms with Gasteiger partial charge in [-0.05, 0) is 58.9 Å². The molecule has 0 aromatic rings. The number of amides is 1. The van der Waals surface area contributed by atoms with E-state index in [1.807, 2.05) is 20.8 Å². The molecule has 0 N–H and O–H groups in total. The summed E-state index contributed by atoms with van der Waals surface area (Å²) in [6.45, 7) is 9.02. The van der Waals surface area contributed by atoms with E-state index < -0.39 is 5.60 Å². The minimum atomic E-state index is -0.449. The van der Waals surface area contributed by atoms with Gasteiger partial charge in [-0.25, -0.2) is 4.79 Å². The Labute approximate surface area is 145 Å². The number of carbonyl (C=O) groups is 2. The van der Waals surface area contributed by atoms with Gasteiger partial charge in [0.25, 0.3) is 0 Å². The lowest BCUT2D eigenvalue weighted by Gasteiger charge is -2.39. The zero-order chi connectivity index (χ0) is 17.7. The third-order valence-corrected chi connectivity index (χ3v) is 4.85. The summed E-state index contributed by atoms with van der Waals surface area (Å²) >= 11 is 0. The first-order valence-electron chi connectivity index (χ1n) is 9.10. The van der Waals surface area contributed by atoms with E-state index >= 15 is 0 Å². The molecule has 138 valence electrons. The molecule has 2 rings (SSSR count). The van der Waals surface area contributed by atoms with Gasteiger partial charge in [-0.3, -0.25) is 9.69 Å². The van der Waals surface area contributed by atoms with Crippen LogP contribution in [0, 0.1) is 5.92 Å². The monoisotopic (exact) mass is 340 g/mol. The van der Waals surface area contributed by atoms with Crippen molar-refractivity contribution in [2.24, 2.45) is 5.92 Å². The standard InChI is InChI=1S/C18H32N2O4/c1-18(2,3)24-17(22)19-11-8-14(9-12-19)13-20-10-6-5-7-15(20)16(21)23-4/h14-15H,5-13H2,1-4H3. The number of methoxy groups -OCH3 is 1. The number of esters is 1. The fourth-order valence-electron chi connectivity index (χ4n) is 3.57. The molecule has 0 radical (unpaired) electrons. The van der Waals surface area contributed by atoms with Crippen molar-refractivity contribution in [2.45, 2.75) is 64.5 Å². The van der Waals surface area contributed by atoms with Crippen LogP contribution in [-0.2, 0) is 14.3 Å². The molecule has 2 heterocycles. The van der Waals surface area contributed by atoms with E-state index in [0.717, 1.165) is 58.3 Å². The number of hydrogen-bond donors (Lipinski definition) is 0. The molecule has 0 spiro atoms. The van der Waals surface area contributed by atoms with Gasteiger partial charge in [0, 0.05) is 19.6 Å². The van der Waals surface area contributed by atoms with Crippen molar-refractivity contribution < 1.29 is 19.1 Å². The van der Waals surface area contributed by atoms with Crippen LogP contribution in [0.5, 0.6) is 0 Å². The van der Waals surface area contributed by atoms with Crippen LogP contribution in [0.25, 0.3) is 0 Å². The Balaban J connectivity index is 1.81. The van der Waals surface area contributed by atoms with E-state index in [9.17, 15) is 9.59 Å². The van der Waals surface area contributed by atoms with Gasteiger partial charge in [0.05, 0.1) is 7.11 Å². The summed E-state index contributed by atoms with van der Waals surface area (Å²) in [7, 11) is 1.47. The number of carbonyl (C=O) groups excluding carboxylic acids is 2. The Hall–Kier alpha value is -1.30. The molecular formula is C18H32N2O4. The minimum Gasteiger partial charge on any atom is -0.468 e. The third kappa shape index (κ3) is 5.36. The number of nitrogens with zero attached hydrogens (tertiary/aromatic N) is 2. The van der Waals surface area contributed by atoms with Crippen molar-refractivity contribution in [1.82, 2.24) is 9.80 Å². The first-order chi connectivity index (χ1) is 11.3. The molecular weight excluding hydrogens is 308 g/mol. The lowest BCUT2D eigenvalue weighted by molar-refractivity contribution is -0.148. The molecule has 6 nitrogen and oxygen atoms in total. The van der Waals surface area contributed by atoms with Crippen LogP contribution in [0.3, 0.4) is 0 Å². The fraction of sp³-hybridized carbons (Fsp3) is 0.889. The van der Waals surface area contributed by atoms with Crippen molar-refractivity contribution in [1.29, 1.82) is 0 Å². The minimum absolute atomic E-state index is 0.0902. The second kappa shape index (κ2) is 8.19. The number of ether oxygens (including phenoxy) is 2. The van der Waals surface area contributed by atoms with Crippen LogP contribution >= 0.6 is 0 Å². The Kier molecular flexibility index (Phi) is 6.49. The predicted octanol–water partition coefficient (Wildman–Crippen LogP) is 2.66. The summed E-state index contributed by atoms with van der Waals surface area (Å²) in [6, 6.07) is -0.0902. The van der Waals surface area contributed by atoms with Gasteiger partial charge in [0.2, 0.25) is 0 Å². The van der Waals surface area contributed by atoms with Crippen LogP contribution < -0.4 is 0 Å². The van der Waals surface area contributed by atoms with Gasteiger partial charge in [0.15, 0.2) is 0 Å². The Morgan fingerprint density at radius 2 is 1.71 bits per heavy atom. The highest BCUT2D eigenvalue weighted by molar-refractivity contribution is 5.75. The van der Waals surface area contributed by atoms with Gasteiger partial charge >= 0.3 is 12.1 Å². The van der Waals surface area contributed by atoms with Gasteiger partial charge in [-0.15, -0.1) is 0 Å². The van der Waals surface area contributed by atoms with Gasteiger partial charge in [0.1, 0.15) is 11.6 Å². The summed E-state index contributed by atoms with van der Waals surface area (Å²) in [5.74, 6) is 0.412. The number of rotatable bonds is 3.